The van der Waals surface area contributed by atoms with E-state index >= 15 is 0 Å². The van der Waals surface area contributed by atoms with E-state index in [1.165, 1.54) is 0 Å². The molecule has 5 heteroatoms. The van der Waals surface area contributed by atoms with E-state index in [2.05, 4.69) is 5.32 Å². The third-order valence-electron chi connectivity index (χ3n) is 3.54. The number of ether oxygens (including phenoxy) is 1. The second-order valence-corrected chi connectivity index (χ2v) is 5.46. The molecule has 1 fully saturated rings. The molecule has 0 unspecified atom stereocenters. The predicted octanol–water partition coefficient (Wildman–Crippen LogP) is 1.11. The molecule has 0 radical (unpaired) electrons. The van der Waals surface area contributed by atoms with Crippen molar-refractivity contribution in [3.05, 3.63) is 29.8 Å². The van der Waals surface area contributed by atoms with Gasteiger partial charge in [-0.3, -0.25) is 9.59 Å². The number of nitrogens with zero attached hydrogens (tertiary/aromatic N) is 1. The second kappa shape index (κ2) is 5.53. The van der Waals surface area contributed by atoms with E-state index < -0.39 is 5.54 Å². The average molecular weight is 276 g/mol. The van der Waals surface area contributed by atoms with Crippen molar-refractivity contribution >= 4 is 11.8 Å². The standard InChI is InChI=1S/C15H20N2O3/c1-11-4-6-12(7-5-11)20-10-13(18)17-9-8-16-14(19)15(17,2)3/h4-7H,8-10H2,1-3H3,(H,16,19). The van der Waals surface area contributed by atoms with Gasteiger partial charge >= 0.3 is 0 Å². The normalized spacial score (nSPS) is 17.6. The monoisotopic (exact) mass is 276 g/mol. The first-order chi connectivity index (χ1) is 9.41. The zero-order valence-electron chi connectivity index (χ0n) is 12.1. The van der Waals surface area contributed by atoms with Crippen LogP contribution in [0.25, 0.3) is 0 Å². The van der Waals surface area contributed by atoms with E-state index in [1.54, 1.807) is 18.7 Å². The lowest BCUT2D eigenvalue weighted by molar-refractivity contribution is -0.150. The molecule has 1 heterocycles. The zero-order valence-corrected chi connectivity index (χ0v) is 12.1. The highest BCUT2D eigenvalue weighted by molar-refractivity contribution is 5.92. The molecular formula is C15H20N2O3. The molecule has 1 N–H and O–H groups in total. The molecule has 5 nitrogen and oxygen atoms in total. The van der Waals surface area contributed by atoms with Gasteiger partial charge in [-0.15, -0.1) is 0 Å². The summed E-state index contributed by atoms with van der Waals surface area (Å²) < 4.78 is 5.48. The van der Waals surface area contributed by atoms with Gasteiger partial charge in [0.05, 0.1) is 0 Å². The summed E-state index contributed by atoms with van der Waals surface area (Å²) in [5, 5.41) is 2.76. The molecule has 1 aromatic rings. The summed E-state index contributed by atoms with van der Waals surface area (Å²) >= 11 is 0. The Hall–Kier alpha value is -2.04. The largest absolute Gasteiger partial charge is 0.484 e. The lowest BCUT2D eigenvalue weighted by Gasteiger charge is -2.41. The van der Waals surface area contributed by atoms with Crippen LogP contribution in [0.15, 0.2) is 24.3 Å². The number of piperazine rings is 1. The first kappa shape index (κ1) is 14.4. The highest BCUT2D eigenvalue weighted by atomic mass is 16.5. The number of carbonyl (C=O) groups is 2. The number of amides is 2. The maximum atomic E-state index is 12.2. The van der Waals surface area contributed by atoms with Gasteiger partial charge in [0.1, 0.15) is 11.3 Å². The number of hydrogen-bond acceptors (Lipinski definition) is 3. The number of aryl methyl sites for hydroxylation is 1. The third kappa shape index (κ3) is 2.92. The van der Waals surface area contributed by atoms with Crippen LogP contribution in [-0.2, 0) is 9.59 Å². The number of nitrogens with one attached hydrogen (secondary N) is 1. The van der Waals surface area contributed by atoms with Gasteiger partial charge in [0, 0.05) is 13.1 Å². The summed E-state index contributed by atoms with van der Waals surface area (Å²) in [5.41, 5.74) is 0.309. The Kier molecular flexibility index (Phi) is 3.97. The SMILES string of the molecule is Cc1ccc(OCC(=O)N2CCNC(=O)C2(C)C)cc1. The molecule has 0 aromatic heterocycles. The van der Waals surface area contributed by atoms with Crippen molar-refractivity contribution in [3.63, 3.8) is 0 Å². The van der Waals surface area contributed by atoms with Gasteiger partial charge in [0.15, 0.2) is 6.61 Å². The van der Waals surface area contributed by atoms with Crippen molar-refractivity contribution in [3.8, 4) is 5.75 Å². The molecule has 2 rings (SSSR count). The topological polar surface area (TPSA) is 58.6 Å². The molecule has 108 valence electrons. The van der Waals surface area contributed by atoms with Gasteiger partial charge in [0.25, 0.3) is 5.91 Å². The summed E-state index contributed by atoms with van der Waals surface area (Å²) in [6.45, 7) is 6.41. The van der Waals surface area contributed by atoms with Crippen LogP contribution in [0, 0.1) is 6.92 Å². The molecule has 1 aromatic carbocycles. The third-order valence-corrected chi connectivity index (χ3v) is 3.54. The Morgan fingerprint density at radius 2 is 2.00 bits per heavy atom. The lowest BCUT2D eigenvalue weighted by atomic mass is 9.99. The Balaban J connectivity index is 1.97. The van der Waals surface area contributed by atoms with Crippen molar-refractivity contribution < 1.29 is 14.3 Å². The van der Waals surface area contributed by atoms with E-state index in [4.69, 9.17) is 4.74 Å². The quantitative estimate of drug-likeness (QED) is 0.899. The number of rotatable bonds is 3. The Morgan fingerprint density at radius 1 is 1.35 bits per heavy atom. The van der Waals surface area contributed by atoms with E-state index in [0.29, 0.717) is 18.8 Å². The van der Waals surface area contributed by atoms with Crippen LogP contribution < -0.4 is 10.1 Å². The highest BCUT2D eigenvalue weighted by Gasteiger charge is 2.40. The van der Waals surface area contributed by atoms with Crippen LogP contribution in [0.5, 0.6) is 5.75 Å². The Bertz CT molecular complexity index is 508. The van der Waals surface area contributed by atoms with Crippen LogP contribution in [-0.4, -0.2) is 41.9 Å². The summed E-state index contributed by atoms with van der Waals surface area (Å²) in [4.78, 5) is 25.6. The fraction of sp³-hybridized carbons (Fsp3) is 0.467. The molecule has 0 saturated carbocycles. The molecule has 0 aliphatic carbocycles. The van der Waals surface area contributed by atoms with Gasteiger partial charge in [0.2, 0.25) is 5.91 Å². The van der Waals surface area contributed by atoms with Crippen molar-refractivity contribution in [2.24, 2.45) is 0 Å². The summed E-state index contributed by atoms with van der Waals surface area (Å²) in [7, 11) is 0. The fourth-order valence-electron chi connectivity index (χ4n) is 2.19. The summed E-state index contributed by atoms with van der Waals surface area (Å²) in [5.74, 6) is 0.348. The minimum atomic E-state index is -0.827. The van der Waals surface area contributed by atoms with Crippen molar-refractivity contribution in [1.29, 1.82) is 0 Å². The van der Waals surface area contributed by atoms with Crippen LogP contribution in [0.3, 0.4) is 0 Å². The summed E-state index contributed by atoms with van der Waals surface area (Å²) in [6.07, 6.45) is 0. The smallest absolute Gasteiger partial charge is 0.261 e. The first-order valence-electron chi connectivity index (χ1n) is 6.69. The van der Waals surface area contributed by atoms with E-state index in [-0.39, 0.29) is 18.4 Å². The zero-order chi connectivity index (χ0) is 14.8. The van der Waals surface area contributed by atoms with Gasteiger partial charge in [-0.05, 0) is 32.9 Å². The molecular weight excluding hydrogens is 256 g/mol. The highest BCUT2D eigenvalue weighted by Crippen LogP contribution is 2.18. The molecule has 0 spiro atoms. The molecule has 2 amide bonds. The van der Waals surface area contributed by atoms with Gasteiger partial charge < -0.3 is 15.0 Å². The minimum absolute atomic E-state index is 0.0558. The number of benzene rings is 1. The molecule has 20 heavy (non-hydrogen) atoms. The van der Waals surface area contributed by atoms with E-state index in [0.717, 1.165) is 5.56 Å². The Morgan fingerprint density at radius 3 is 2.65 bits per heavy atom. The Labute approximate surface area is 118 Å². The predicted molar refractivity (Wildman–Crippen MR) is 75.5 cm³/mol. The molecule has 1 saturated heterocycles. The number of hydrogen-bond donors (Lipinski definition) is 1. The van der Waals surface area contributed by atoms with Crippen molar-refractivity contribution in [2.75, 3.05) is 19.7 Å². The average Bonchev–Trinajstić information content (AvgIpc) is 2.41. The maximum Gasteiger partial charge on any atom is 0.261 e. The van der Waals surface area contributed by atoms with Crippen LogP contribution in [0.2, 0.25) is 0 Å². The van der Waals surface area contributed by atoms with Crippen LogP contribution in [0.1, 0.15) is 19.4 Å². The van der Waals surface area contributed by atoms with Gasteiger partial charge in [-0.25, -0.2) is 0 Å². The van der Waals surface area contributed by atoms with E-state index in [1.807, 2.05) is 31.2 Å². The second-order valence-electron chi connectivity index (χ2n) is 5.46. The van der Waals surface area contributed by atoms with Gasteiger partial charge in [-0.2, -0.15) is 0 Å². The first-order valence-corrected chi connectivity index (χ1v) is 6.69. The lowest BCUT2D eigenvalue weighted by Crippen LogP contribution is -2.64. The maximum absolute atomic E-state index is 12.2. The van der Waals surface area contributed by atoms with Crippen LogP contribution >= 0.6 is 0 Å². The molecule has 1 aliphatic heterocycles. The van der Waals surface area contributed by atoms with Crippen molar-refractivity contribution in [2.45, 2.75) is 26.3 Å². The van der Waals surface area contributed by atoms with Crippen LogP contribution in [0.4, 0.5) is 0 Å². The minimum Gasteiger partial charge on any atom is -0.484 e. The molecule has 0 atom stereocenters. The number of carbonyl (C=O) groups excluding carboxylic acids is 2. The fourth-order valence-corrected chi connectivity index (χ4v) is 2.19. The molecule has 1 aliphatic rings. The van der Waals surface area contributed by atoms with E-state index in [9.17, 15) is 9.59 Å². The molecule has 0 bridgehead atoms. The van der Waals surface area contributed by atoms with Crippen molar-refractivity contribution in [1.82, 2.24) is 10.2 Å². The summed E-state index contributed by atoms with van der Waals surface area (Å²) in [6, 6.07) is 7.52. The van der Waals surface area contributed by atoms with Gasteiger partial charge in [-0.1, -0.05) is 17.7 Å².